The van der Waals surface area contributed by atoms with Crippen molar-refractivity contribution in [2.75, 3.05) is 0 Å². The number of aryl methyl sites for hydroxylation is 2. The Balaban J connectivity index is 1.39. The monoisotopic (exact) mass is 368 g/mol. The van der Waals surface area contributed by atoms with Crippen LogP contribution in [0.1, 0.15) is 22.8 Å². The smallest absolute Gasteiger partial charge is 0.264 e. The maximum atomic E-state index is 13.0. The van der Waals surface area contributed by atoms with Gasteiger partial charge < -0.3 is 9.26 Å². The number of nitrogens with zero attached hydrogens (tertiary/aromatic N) is 4. The third-order valence-electron chi connectivity index (χ3n) is 4.37. The molecular formula is C18H13FN4O2S. The van der Waals surface area contributed by atoms with E-state index in [4.69, 9.17) is 9.26 Å². The second-order valence-electron chi connectivity index (χ2n) is 6.02. The second-order valence-corrected chi connectivity index (χ2v) is 7.11. The van der Waals surface area contributed by atoms with Crippen molar-refractivity contribution in [3.05, 3.63) is 52.7 Å². The molecule has 0 amide bonds. The Kier molecular flexibility index (Phi) is 3.63. The van der Waals surface area contributed by atoms with Gasteiger partial charge in [-0.3, -0.25) is 0 Å². The molecule has 0 bridgehead atoms. The molecule has 0 N–H and O–H groups in total. The van der Waals surface area contributed by atoms with E-state index in [-0.39, 0.29) is 12.4 Å². The number of thiophene rings is 1. The van der Waals surface area contributed by atoms with Crippen LogP contribution in [0.25, 0.3) is 21.6 Å². The van der Waals surface area contributed by atoms with Crippen LogP contribution in [-0.4, -0.2) is 20.1 Å². The molecule has 6 nitrogen and oxygen atoms in total. The number of halogens is 1. The van der Waals surface area contributed by atoms with Gasteiger partial charge in [0.1, 0.15) is 17.0 Å². The summed E-state index contributed by atoms with van der Waals surface area (Å²) >= 11 is 1.71. The number of fused-ring (bicyclic) bond motifs is 3. The molecular weight excluding hydrogens is 355 g/mol. The molecule has 0 spiro atoms. The first-order chi connectivity index (χ1) is 12.8. The minimum absolute atomic E-state index is 0.116. The topological polar surface area (TPSA) is 73.9 Å². The Morgan fingerprint density at radius 2 is 2.04 bits per heavy atom. The fraction of sp³-hybridized carbons (Fsp3) is 0.222. The predicted molar refractivity (Wildman–Crippen MR) is 93.5 cm³/mol. The van der Waals surface area contributed by atoms with Gasteiger partial charge >= 0.3 is 0 Å². The highest BCUT2D eigenvalue weighted by atomic mass is 32.1. The average Bonchev–Trinajstić information content (AvgIpc) is 3.36. The number of rotatable bonds is 4. The quantitative estimate of drug-likeness (QED) is 0.543. The molecule has 0 saturated heterocycles. The Labute approximate surface area is 151 Å². The summed E-state index contributed by atoms with van der Waals surface area (Å²) in [4.78, 5) is 15.3. The predicted octanol–water partition coefficient (Wildman–Crippen LogP) is 3.95. The lowest BCUT2D eigenvalue weighted by Gasteiger charge is -2.04. The van der Waals surface area contributed by atoms with Crippen molar-refractivity contribution in [3.8, 4) is 17.3 Å². The van der Waals surface area contributed by atoms with E-state index < -0.39 is 0 Å². The van der Waals surface area contributed by atoms with Crippen LogP contribution >= 0.6 is 11.3 Å². The number of ether oxygens (including phenoxy) is 1. The molecule has 0 fully saturated rings. The van der Waals surface area contributed by atoms with E-state index in [0.29, 0.717) is 23.2 Å². The summed E-state index contributed by atoms with van der Waals surface area (Å²) in [6.45, 7) is 0.116. The normalized spacial score (nSPS) is 13.3. The molecule has 0 radical (unpaired) electrons. The van der Waals surface area contributed by atoms with Crippen molar-refractivity contribution < 1.29 is 13.7 Å². The van der Waals surface area contributed by atoms with Crippen molar-refractivity contribution in [1.82, 2.24) is 20.1 Å². The minimum Gasteiger partial charge on any atom is -0.467 e. The van der Waals surface area contributed by atoms with E-state index in [1.54, 1.807) is 23.5 Å². The molecule has 3 heterocycles. The highest BCUT2D eigenvalue weighted by Crippen LogP contribution is 2.39. The van der Waals surface area contributed by atoms with Gasteiger partial charge in [0.2, 0.25) is 11.7 Å². The second kappa shape index (κ2) is 6.14. The lowest BCUT2D eigenvalue weighted by atomic mass is 10.2. The molecule has 26 heavy (non-hydrogen) atoms. The van der Waals surface area contributed by atoms with Crippen LogP contribution < -0.4 is 4.74 Å². The van der Waals surface area contributed by atoms with Gasteiger partial charge in [-0.2, -0.15) is 4.98 Å². The Bertz CT molecular complexity index is 1090. The number of benzene rings is 1. The van der Waals surface area contributed by atoms with Gasteiger partial charge in [-0.05, 0) is 49.1 Å². The van der Waals surface area contributed by atoms with Gasteiger partial charge in [0.15, 0.2) is 6.61 Å². The zero-order valence-electron chi connectivity index (χ0n) is 13.6. The molecule has 0 unspecified atom stereocenters. The van der Waals surface area contributed by atoms with Crippen molar-refractivity contribution in [2.45, 2.75) is 25.9 Å². The standard InChI is InChI=1S/C18H13FN4O2S/c19-11-6-4-10(5-7-11)16-22-14(25-23-16)8-24-17-15-12-2-1-3-13(12)26-18(15)21-9-20-17/h4-7,9H,1-3,8H2. The molecule has 0 aliphatic heterocycles. The summed E-state index contributed by atoms with van der Waals surface area (Å²) < 4.78 is 24.1. The SMILES string of the molecule is Fc1ccc(-c2noc(COc3ncnc4sc5c(c34)CCC5)n2)cc1. The van der Waals surface area contributed by atoms with Crippen LogP contribution in [0.4, 0.5) is 4.39 Å². The fourth-order valence-electron chi connectivity index (χ4n) is 3.17. The zero-order valence-corrected chi connectivity index (χ0v) is 14.4. The van der Waals surface area contributed by atoms with Crippen LogP contribution in [0, 0.1) is 5.82 Å². The summed E-state index contributed by atoms with van der Waals surface area (Å²) in [7, 11) is 0. The highest BCUT2D eigenvalue weighted by Gasteiger charge is 2.22. The molecule has 130 valence electrons. The first-order valence-corrected chi connectivity index (χ1v) is 9.06. The lowest BCUT2D eigenvalue weighted by Crippen LogP contribution is -1.99. The summed E-state index contributed by atoms with van der Waals surface area (Å²) in [5, 5.41) is 4.92. The van der Waals surface area contributed by atoms with Gasteiger partial charge in [0, 0.05) is 10.4 Å². The van der Waals surface area contributed by atoms with E-state index in [0.717, 1.165) is 29.5 Å². The van der Waals surface area contributed by atoms with Crippen LogP contribution in [0.2, 0.25) is 0 Å². The van der Waals surface area contributed by atoms with Crippen LogP contribution in [0.15, 0.2) is 35.1 Å². The number of hydrogen-bond acceptors (Lipinski definition) is 7. The molecule has 3 aromatic heterocycles. The maximum absolute atomic E-state index is 13.0. The Hall–Kier alpha value is -2.87. The third kappa shape index (κ3) is 2.62. The largest absolute Gasteiger partial charge is 0.467 e. The minimum atomic E-state index is -0.308. The van der Waals surface area contributed by atoms with Crippen molar-refractivity contribution >= 4 is 21.6 Å². The Morgan fingerprint density at radius 3 is 2.92 bits per heavy atom. The molecule has 0 saturated carbocycles. The van der Waals surface area contributed by atoms with Gasteiger partial charge in [0.25, 0.3) is 5.89 Å². The fourth-order valence-corrected chi connectivity index (χ4v) is 4.39. The van der Waals surface area contributed by atoms with Crippen LogP contribution in [0.5, 0.6) is 5.88 Å². The molecule has 8 heteroatoms. The summed E-state index contributed by atoms with van der Waals surface area (Å²) in [5.41, 5.74) is 1.99. The van der Waals surface area contributed by atoms with Crippen molar-refractivity contribution in [2.24, 2.45) is 0 Å². The van der Waals surface area contributed by atoms with Crippen molar-refractivity contribution in [1.29, 1.82) is 0 Å². The average molecular weight is 368 g/mol. The number of hydrogen-bond donors (Lipinski definition) is 0. The van der Waals surface area contributed by atoms with Gasteiger partial charge in [-0.15, -0.1) is 11.3 Å². The first-order valence-electron chi connectivity index (χ1n) is 8.24. The van der Waals surface area contributed by atoms with E-state index in [1.807, 2.05) is 0 Å². The number of aromatic nitrogens is 4. The zero-order chi connectivity index (χ0) is 17.5. The van der Waals surface area contributed by atoms with Crippen LogP contribution in [-0.2, 0) is 19.4 Å². The van der Waals surface area contributed by atoms with E-state index in [9.17, 15) is 4.39 Å². The third-order valence-corrected chi connectivity index (χ3v) is 5.57. The summed E-state index contributed by atoms with van der Waals surface area (Å²) in [5.74, 6) is 0.976. The van der Waals surface area contributed by atoms with E-state index in [1.165, 1.54) is 28.9 Å². The highest BCUT2D eigenvalue weighted by molar-refractivity contribution is 7.18. The maximum Gasteiger partial charge on any atom is 0.264 e. The Morgan fingerprint density at radius 1 is 1.15 bits per heavy atom. The summed E-state index contributed by atoms with van der Waals surface area (Å²) in [6, 6.07) is 5.92. The first kappa shape index (κ1) is 15.4. The molecule has 1 aromatic carbocycles. The molecule has 1 aliphatic carbocycles. The molecule has 1 aliphatic rings. The molecule has 4 aromatic rings. The van der Waals surface area contributed by atoms with Crippen LogP contribution in [0.3, 0.4) is 0 Å². The van der Waals surface area contributed by atoms with Gasteiger partial charge in [-0.25, -0.2) is 14.4 Å². The molecule has 0 atom stereocenters. The van der Waals surface area contributed by atoms with E-state index in [2.05, 4.69) is 20.1 Å². The summed E-state index contributed by atoms with van der Waals surface area (Å²) in [6.07, 6.45) is 4.81. The lowest BCUT2D eigenvalue weighted by molar-refractivity contribution is 0.238. The van der Waals surface area contributed by atoms with Gasteiger partial charge in [-0.1, -0.05) is 5.16 Å². The van der Waals surface area contributed by atoms with Crippen molar-refractivity contribution in [3.63, 3.8) is 0 Å². The van der Waals surface area contributed by atoms with Gasteiger partial charge in [0.05, 0.1) is 5.39 Å². The van der Waals surface area contributed by atoms with E-state index >= 15 is 0 Å². The molecule has 5 rings (SSSR count).